The van der Waals surface area contributed by atoms with E-state index in [1.54, 1.807) is 13.3 Å². The molecule has 3 fully saturated rings. The maximum atomic E-state index is 16.8. The highest BCUT2D eigenvalue weighted by molar-refractivity contribution is 7.23. The maximum absolute atomic E-state index is 16.8. The molecule has 3 aromatic heterocycles. The van der Waals surface area contributed by atoms with Gasteiger partial charge in [0.15, 0.2) is 11.6 Å². The van der Waals surface area contributed by atoms with E-state index in [0.717, 1.165) is 36.2 Å². The second-order valence-electron chi connectivity index (χ2n) is 12.0. The van der Waals surface area contributed by atoms with Crippen LogP contribution in [0.3, 0.4) is 0 Å². The van der Waals surface area contributed by atoms with Gasteiger partial charge in [0.05, 0.1) is 47.5 Å². The molecule has 0 aliphatic carbocycles. The van der Waals surface area contributed by atoms with Crippen molar-refractivity contribution in [2.24, 2.45) is 0 Å². The molecular formula is C30H30F2N8O2S. The van der Waals surface area contributed by atoms with E-state index in [4.69, 9.17) is 25.2 Å². The number of ether oxygens (including phenoxy) is 2. The first-order chi connectivity index (χ1) is 20.9. The topological polar surface area (TPSA) is 117 Å². The Labute approximate surface area is 250 Å². The van der Waals surface area contributed by atoms with Crippen molar-refractivity contribution < 1.29 is 18.3 Å². The fourth-order valence-corrected chi connectivity index (χ4v) is 8.74. The molecule has 222 valence electrons. The smallest absolute Gasteiger partial charge is 0.226 e. The van der Waals surface area contributed by atoms with Crippen molar-refractivity contribution in [2.75, 3.05) is 51.0 Å². The fourth-order valence-electron chi connectivity index (χ4n) is 7.82. The molecule has 4 aromatic rings. The molecule has 4 aliphatic rings. The number of aromatic nitrogens is 3. The summed E-state index contributed by atoms with van der Waals surface area (Å²) in [6.07, 6.45) is 5.06. The number of fused-ring (bicyclic) bond motifs is 6. The predicted octanol–water partition coefficient (Wildman–Crippen LogP) is 3.65. The largest absolute Gasteiger partial charge is 0.389 e. The lowest BCUT2D eigenvalue weighted by Crippen LogP contribution is -2.59. The number of nitrogen functional groups attached to an aromatic ring is 1. The summed E-state index contributed by atoms with van der Waals surface area (Å²) in [6, 6.07) is 3.24. The van der Waals surface area contributed by atoms with Crippen molar-refractivity contribution in [1.29, 1.82) is 5.26 Å². The number of likely N-dealkylation sites (tertiary alicyclic amines) is 1. The Morgan fingerprint density at radius 1 is 1.09 bits per heavy atom. The van der Waals surface area contributed by atoms with E-state index in [0.29, 0.717) is 42.1 Å². The van der Waals surface area contributed by atoms with Crippen molar-refractivity contribution >= 4 is 43.3 Å². The molecule has 0 amide bonds. The van der Waals surface area contributed by atoms with Gasteiger partial charge in [-0.25, -0.2) is 18.7 Å². The average Bonchev–Trinajstić information content (AvgIpc) is 3.77. The Balaban J connectivity index is 1.24. The van der Waals surface area contributed by atoms with E-state index < -0.39 is 11.6 Å². The summed E-state index contributed by atoms with van der Waals surface area (Å²) >= 11 is 0.956. The van der Waals surface area contributed by atoms with Gasteiger partial charge in [0.1, 0.15) is 16.6 Å². The van der Waals surface area contributed by atoms with Crippen LogP contribution >= 0.6 is 11.3 Å². The normalized spacial score (nSPS) is 25.7. The van der Waals surface area contributed by atoms with Crippen LogP contribution in [0.25, 0.3) is 32.2 Å². The van der Waals surface area contributed by atoms with Crippen LogP contribution < -0.4 is 10.6 Å². The number of benzene rings is 1. The molecule has 0 saturated carbocycles. The second-order valence-corrected chi connectivity index (χ2v) is 13.0. The summed E-state index contributed by atoms with van der Waals surface area (Å²) in [5.41, 5.74) is 7.98. The Bertz CT molecular complexity index is 1830. The van der Waals surface area contributed by atoms with Crippen LogP contribution in [0.4, 0.5) is 19.7 Å². The first kappa shape index (κ1) is 27.0. The van der Waals surface area contributed by atoms with E-state index in [1.807, 2.05) is 0 Å². The Kier molecular flexibility index (Phi) is 6.29. The van der Waals surface area contributed by atoms with Gasteiger partial charge in [-0.05, 0) is 31.0 Å². The maximum Gasteiger partial charge on any atom is 0.226 e. The average molecular weight is 605 g/mol. The highest BCUT2D eigenvalue weighted by Crippen LogP contribution is 2.45. The van der Waals surface area contributed by atoms with Gasteiger partial charge in [0, 0.05) is 67.9 Å². The Hall–Kier alpha value is -3.54. The first-order valence-electron chi connectivity index (χ1n) is 14.5. The van der Waals surface area contributed by atoms with E-state index in [-0.39, 0.29) is 62.8 Å². The lowest BCUT2D eigenvalue weighted by Gasteiger charge is -2.44. The predicted molar refractivity (Wildman–Crippen MR) is 159 cm³/mol. The van der Waals surface area contributed by atoms with Crippen LogP contribution in [-0.2, 0) is 22.7 Å². The number of methoxy groups -OCH3 is 1. The second kappa shape index (κ2) is 10.0. The Morgan fingerprint density at radius 2 is 1.86 bits per heavy atom. The molecule has 2 bridgehead atoms. The lowest BCUT2D eigenvalue weighted by molar-refractivity contribution is -0.0112. The van der Waals surface area contributed by atoms with E-state index in [9.17, 15) is 9.65 Å². The molecule has 3 saturated heterocycles. The lowest BCUT2D eigenvalue weighted by atomic mass is 9.94. The molecule has 4 aliphatic heterocycles. The third-order valence-corrected chi connectivity index (χ3v) is 10.7. The number of rotatable bonds is 4. The quantitative estimate of drug-likeness (QED) is 0.370. The minimum atomic E-state index is -0.610. The highest BCUT2D eigenvalue weighted by atomic mass is 32.1. The molecule has 0 spiro atoms. The molecule has 8 rings (SSSR count). The van der Waals surface area contributed by atoms with Gasteiger partial charge in [-0.3, -0.25) is 9.88 Å². The zero-order chi connectivity index (χ0) is 29.6. The number of piperazine rings is 1. The van der Waals surface area contributed by atoms with Gasteiger partial charge in [0.25, 0.3) is 0 Å². The van der Waals surface area contributed by atoms with Crippen molar-refractivity contribution in [3.63, 3.8) is 0 Å². The van der Waals surface area contributed by atoms with Crippen molar-refractivity contribution in [3.8, 4) is 17.3 Å². The molecule has 0 radical (unpaired) electrons. The van der Waals surface area contributed by atoms with Crippen LogP contribution in [0.2, 0.25) is 0 Å². The minimum Gasteiger partial charge on any atom is -0.389 e. The summed E-state index contributed by atoms with van der Waals surface area (Å²) in [5.74, 6) is -0.786. The summed E-state index contributed by atoms with van der Waals surface area (Å²) in [5, 5.41) is 10.8. The minimum absolute atomic E-state index is 0.0233. The number of hydrogen-bond acceptors (Lipinski definition) is 11. The molecule has 7 heterocycles. The molecule has 2 N–H and O–H groups in total. The number of nitrogens with zero attached hydrogens (tertiary/aromatic N) is 7. The highest BCUT2D eigenvalue weighted by Gasteiger charge is 2.48. The van der Waals surface area contributed by atoms with Gasteiger partial charge in [-0.15, -0.1) is 11.3 Å². The third kappa shape index (κ3) is 3.97. The standard InChI is InChI=1S/C30H30F2N8O2S/c1-38-8-14-3-4-15(9-38)40(14)21-10-39(11-22(21)41-2)30-36-6-17-18-12-42-13-19(18)23(25(32)26(17)37-30)27-24-16(5-33)29(34)43-28(24)20(31)7-35-27/h6-7,14-15,21-22H,3-4,8-13,34H2,1-2H3. The molecular weight excluding hydrogens is 574 g/mol. The number of thiophene rings is 1. The van der Waals surface area contributed by atoms with Crippen LogP contribution in [0.15, 0.2) is 12.4 Å². The number of likely N-dealkylation sites (N-methyl/N-ethyl adjacent to an activating group) is 1. The molecule has 1 aromatic carbocycles. The van der Waals surface area contributed by atoms with Gasteiger partial charge < -0.3 is 25.0 Å². The molecule has 13 heteroatoms. The van der Waals surface area contributed by atoms with Crippen LogP contribution in [0.1, 0.15) is 29.5 Å². The van der Waals surface area contributed by atoms with Gasteiger partial charge >= 0.3 is 0 Å². The number of halogens is 2. The SMILES string of the molecule is COC1CN(c2ncc3c4c(c(-c5ncc(F)c6sc(N)c(C#N)c56)c(F)c3n2)COC4)CC1N1C2CCC1CN(C)C2. The van der Waals surface area contributed by atoms with Gasteiger partial charge in [-0.1, -0.05) is 0 Å². The summed E-state index contributed by atoms with van der Waals surface area (Å²) in [6.45, 7) is 3.78. The van der Waals surface area contributed by atoms with E-state index >= 15 is 4.39 Å². The third-order valence-electron chi connectivity index (χ3n) is 9.66. The Morgan fingerprint density at radius 3 is 2.60 bits per heavy atom. The zero-order valence-electron chi connectivity index (χ0n) is 23.8. The first-order valence-corrected chi connectivity index (χ1v) is 15.3. The molecule has 43 heavy (non-hydrogen) atoms. The van der Waals surface area contributed by atoms with Crippen LogP contribution in [-0.4, -0.2) is 89.3 Å². The molecule has 4 unspecified atom stereocenters. The van der Waals surface area contributed by atoms with Crippen molar-refractivity contribution in [3.05, 3.63) is 40.7 Å². The van der Waals surface area contributed by atoms with E-state index in [1.165, 1.54) is 12.8 Å². The van der Waals surface area contributed by atoms with E-state index in [2.05, 4.69) is 32.8 Å². The number of nitriles is 1. The number of nitrogens with two attached hydrogens (primary N) is 1. The molecule has 10 nitrogen and oxygen atoms in total. The van der Waals surface area contributed by atoms with Crippen molar-refractivity contribution in [2.45, 2.75) is 50.3 Å². The van der Waals surface area contributed by atoms with Gasteiger partial charge in [0.2, 0.25) is 5.95 Å². The van der Waals surface area contributed by atoms with Crippen LogP contribution in [0.5, 0.6) is 0 Å². The number of anilines is 2. The summed E-state index contributed by atoms with van der Waals surface area (Å²) in [4.78, 5) is 20.9. The van der Waals surface area contributed by atoms with Crippen molar-refractivity contribution in [1.82, 2.24) is 24.8 Å². The summed E-state index contributed by atoms with van der Waals surface area (Å²) < 4.78 is 43.5. The van der Waals surface area contributed by atoms with Gasteiger partial charge in [-0.2, -0.15) is 5.26 Å². The monoisotopic (exact) mass is 604 g/mol. The number of hydrogen-bond donors (Lipinski definition) is 1. The van der Waals surface area contributed by atoms with Crippen LogP contribution in [0, 0.1) is 23.0 Å². The zero-order valence-corrected chi connectivity index (χ0v) is 24.6. The number of pyridine rings is 1. The molecule has 4 atom stereocenters. The fraction of sp³-hybridized carbons (Fsp3) is 0.467. The summed E-state index contributed by atoms with van der Waals surface area (Å²) in [7, 11) is 3.94.